The summed E-state index contributed by atoms with van der Waals surface area (Å²) >= 11 is 7.35. The SMILES string of the molecule is Cc1cc(S(=O)Nc2nsc(-c3ccccc3)n2)c(C)cc1Cl. The highest BCUT2D eigenvalue weighted by Crippen LogP contribution is 2.25. The molecule has 3 rings (SSSR count). The lowest BCUT2D eigenvalue weighted by Crippen LogP contribution is -2.08. The Morgan fingerprint density at radius 1 is 1.13 bits per heavy atom. The normalized spacial score (nSPS) is 12.1. The largest absolute Gasteiger partial charge is 0.268 e. The minimum Gasteiger partial charge on any atom is -0.268 e. The molecule has 1 heterocycles. The van der Waals surface area contributed by atoms with E-state index in [2.05, 4.69) is 14.1 Å². The zero-order chi connectivity index (χ0) is 16.4. The molecular weight excluding hydrogens is 350 g/mol. The Morgan fingerprint density at radius 3 is 2.61 bits per heavy atom. The van der Waals surface area contributed by atoms with Gasteiger partial charge < -0.3 is 0 Å². The minimum absolute atomic E-state index is 0.360. The van der Waals surface area contributed by atoms with Gasteiger partial charge in [-0.25, -0.2) is 4.21 Å². The molecule has 0 radical (unpaired) electrons. The van der Waals surface area contributed by atoms with Crippen molar-refractivity contribution >= 4 is 40.1 Å². The van der Waals surface area contributed by atoms with Gasteiger partial charge in [0.05, 0.1) is 4.90 Å². The molecule has 4 nitrogen and oxygen atoms in total. The average Bonchev–Trinajstić information content (AvgIpc) is 3.00. The maximum absolute atomic E-state index is 12.5. The van der Waals surface area contributed by atoms with Gasteiger partial charge in [0.2, 0.25) is 5.95 Å². The monoisotopic (exact) mass is 363 g/mol. The molecule has 0 aliphatic rings. The van der Waals surface area contributed by atoms with Crippen LogP contribution in [0, 0.1) is 13.8 Å². The first-order valence-electron chi connectivity index (χ1n) is 6.89. The summed E-state index contributed by atoms with van der Waals surface area (Å²) in [5, 5.41) is 1.45. The second-order valence-electron chi connectivity index (χ2n) is 5.03. The van der Waals surface area contributed by atoms with E-state index >= 15 is 0 Å². The third kappa shape index (κ3) is 3.60. The van der Waals surface area contributed by atoms with Crippen molar-refractivity contribution in [2.75, 3.05) is 4.72 Å². The third-order valence-corrected chi connectivity index (χ3v) is 5.67. The van der Waals surface area contributed by atoms with Crippen molar-refractivity contribution in [2.24, 2.45) is 0 Å². The smallest absolute Gasteiger partial charge is 0.247 e. The van der Waals surface area contributed by atoms with Crippen molar-refractivity contribution < 1.29 is 4.21 Å². The quantitative estimate of drug-likeness (QED) is 0.736. The first-order valence-corrected chi connectivity index (χ1v) is 9.19. The van der Waals surface area contributed by atoms with Gasteiger partial charge in [0.15, 0.2) is 11.0 Å². The summed E-state index contributed by atoms with van der Waals surface area (Å²) in [5.41, 5.74) is 2.74. The molecule has 0 amide bonds. The van der Waals surface area contributed by atoms with E-state index in [0.29, 0.717) is 15.9 Å². The highest BCUT2D eigenvalue weighted by molar-refractivity contribution is 7.86. The van der Waals surface area contributed by atoms with E-state index in [-0.39, 0.29) is 0 Å². The number of nitrogens with one attached hydrogen (secondary N) is 1. The summed E-state index contributed by atoms with van der Waals surface area (Å²) in [5.74, 6) is 0.360. The van der Waals surface area contributed by atoms with Crippen LogP contribution < -0.4 is 4.72 Å². The molecule has 0 aliphatic carbocycles. The van der Waals surface area contributed by atoms with E-state index in [9.17, 15) is 4.21 Å². The maximum Gasteiger partial charge on any atom is 0.247 e. The van der Waals surface area contributed by atoms with Crippen LogP contribution in [-0.4, -0.2) is 13.6 Å². The van der Waals surface area contributed by atoms with Crippen LogP contribution in [0.1, 0.15) is 11.1 Å². The lowest BCUT2D eigenvalue weighted by molar-refractivity contribution is 0.685. The standard InChI is InChI=1S/C16H14ClN3OS2/c1-10-9-14(11(2)8-13(10)17)23(21)20-16-18-15(22-19-16)12-6-4-3-5-7-12/h3-9H,1-2H3,(H,19,20). The summed E-state index contributed by atoms with van der Waals surface area (Å²) in [6, 6.07) is 13.4. The Labute approximate surface area is 146 Å². The number of hydrogen-bond acceptors (Lipinski definition) is 4. The summed E-state index contributed by atoms with van der Waals surface area (Å²) in [4.78, 5) is 5.08. The highest BCUT2D eigenvalue weighted by Gasteiger charge is 2.13. The van der Waals surface area contributed by atoms with Gasteiger partial charge >= 0.3 is 0 Å². The molecule has 1 N–H and O–H groups in total. The number of aryl methyl sites for hydroxylation is 2. The van der Waals surface area contributed by atoms with Crippen LogP contribution in [0.3, 0.4) is 0 Å². The third-order valence-electron chi connectivity index (χ3n) is 3.29. The maximum atomic E-state index is 12.5. The predicted molar refractivity (Wildman–Crippen MR) is 96.3 cm³/mol. The van der Waals surface area contributed by atoms with Crippen LogP contribution in [-0.2, 0) is 11.0 Å². The van der Waals surface area contributed by atoms with Gasteiger partial charge in [-0.1, -0.05) is 41.9 Å². The number of aromatic nitrogens is 2. The summed E-state index contributed by atoms with van der Waals surface area (Å²) in [6.07, 6.45) is 0. The van der Waals surface area contributed by atoms with Crippen LogP contribution in [0.4, 0.5) is 5.95 Å². The molecule has 0 spiro atoms. The number of halogens is 1. The Kier molecular flexibility index (Phi) is 4.75. The number of benzene rings is 2. The molecule has 7 heteroatoms. The van der Waals surface area contributed by atoms with Gasteiger partial charge in [-0.2, -0.15) is 9.36 Å². The van der Waals surface area contributed by atoms with Crippen LogP contribution in [0.25, 0.3) is 10.6 Å². The molecule has 2 aromatic carbocycles. The molecule has 0 saturated heterocycles. The van der Waals surface area contributed by atoms with Gasteiger partial charge in [0, 0.05) is 10.6 Å². The van der Waals surface area contributed by atoms with E-state index < -0.39 is 11.0 Å². The molecule has 0 aliphatic heterocycles. The Morgan fingerprint density at radius 2 is 1.87 bits per heavy atom. The minimum atomic E-state index is -1.43. The summed E-state index contributed by atoms with van der Waals surface area (Å²) in [6.45, 7) is 3.77. The molecule has 0 bridgehead atoms. The predicted octanol–water partition coefficient (Wildman–Crippen LogP) is 4.61. The van der Waals surface area contributed by atoms with E-state index in [1.165, 1.54) is 11.5 Å². The number of rotatable bonds is 4. The topological polar surface area (TPSA) is 54.9 Å². The van der Waals surface area contributed by atoms with E-state index in [1.807, 2.05) is 56.3 Å². The molecule has 3 aromatic rings. The molecule has 0 saturated carbocycles. The van der Waals surface area contributed by atoms with Crippen LogP contribution in [0.15, 0.2) is 47.4 Å². The van der Waals surface area contributed by atoms with E-state index in [4.69, 9.17) is 11.6 Å². The lowest BCUT2D eigenvalue weighted by Gasteiger charge is -2.08. The molecule has 1 atom stereocenters. The first kappa shape index (κ1) is 16.1. The van der Waals surface area contributed by atoms with Crippen LogP contribution >= 0.6 is 23.1 Å². The van der Waals surface area contributed by atoms with Crippen molar-refractivity contribution in [1.29, 1.82) is 0 Å². The second-order valence-corrected chi connectivity index (χ2v) is 7.37. The molecule has 118 valence electrons. The summed E-state index contributed by atoms with van der Waals surface area (Å²) in [7, 11) is -1.43. The Balaban J connectivity index is 1.82. The molecular formula is C16H14ClN3OS2. The Bertz CT molecular complexity index is 865. The van der Waals surface area contributed by atoms with Gasteiger partial charge in [-0.15, -0.1) is 0 Å². The van der Waals surface area contributed by atoms with Gasteiger partial charge in [-0.3, -0.25) is 4.72 Å². The fraction of sp³-hybridized carbons (Fsp3) is 0.125. The van der Waals surface area contributed by atoms with Gasteiger partial charge in [0.1, 0.15) is 5.01 Å². The summed E-state index contributed by atoms with van der Waals surface area (Å²) < 4.78 is 19.6. The molecule has 23 heavy (non-hydrogen) atoms. The molecule has 0 fully saturated rings. The lowest BCUT2D eigenvalue weighted by atomic mass is 10.2. The van der Waals surface area contributed by atoms with Crippen molar-refractivity contribution in [2.45, 2.75) is 18.7 Å². The van der Waals surface area contributed by atoms with E-state index in [1.54, 1.807) is 0 Å². The fourth-order valence-corrected chi connectivity index (χ4v) is 3.96. The van der Waals surface area contributed by atoms with Gasteiger partial charge in [-0.05, 0) is 48.6 Å². The first-order chi connectivity index (χ1) is 11.0. The van der Waals surface area contributed by atoms with Crippen molar-refractivity contribution in [3.8, 4) is 10.6 Å². The van der Waals surface area contributed by atoms with E-state index in [0.717, 1.165) is 21.7 Å². The fourth-order valence-electron chi connectivity index (χ4n) is 2.06. The highest BCUT2D eigenvalue weighted by atomic mass is 35.5. The number of anilines is 1. The number of hydrogen-bond donors (Lipinski definition) is 1. The van der Waals surface area contributed by atoms with Crippen LogP contribution in [0.5, 0.6) is 0 Å². The van der Waals surface area contributed by atoms with Crippen molar-refractivity contribution in [3.63, 3.8) is 0 Å². The number of nitrogens with zero attached hydrogens (tertiary/aromatic N) is 2. The molecule has 1 unspecified atom stereocenters. The van der Waals surface area contributed by atoms with Gasteiger partial charge in [0.25, 0.3) is 0 Å². The van der Waals surface area contributed by atoms with Crippen LogP contribution in [0.2, 0.25) is 5.02 Å². The zero-order valence-corrected chi connectivity index (χ0v) is 14.9. The zero-order valence-electron chi connectivity index (χ0n) is 12.5. The average molecular weight is 364 g/mol. The molecule has 1 aromatic heterocycles. The Hall–Kier alpha value is -1.76. The second kappa shape index (κ2) is 6.78. The van der Waals surface area contributed by atoms with Crippen molar-refractivity contribution in [3.05, 3.63) is 58.6 Å². The van der Waals surface area contributed by atoms with Crippen molar-refractivity contribution in [1.82, 2.24) is 9.36 Å².